The van der Waals surface area contributed by atoms with Gasteiger partial charge in [0, 0.05) is 37.6 Å². The summed E-state index contributed by atoms with van der Waals surface area (Å²) in [6.45, 7) is 6.48. The lowest BCUT2D eigenvalue weighted by molar-refractivity contribution is 0.208. The number of piperazine rings is 1. The molecule has 1 saturated heterocycles. The number of urea groups is 1. The summed E-state index contributed by atoms with van der Waals surface area (Å²) in [5.41, 5.74) is 2.68. The van der Waals surface area contributed by atoms with E-state index in [1.807, 2.05) is 67.3 Å². The van der Waals surface area contributed by atoms with Crippen LogP contribution in [0.2, 0.25) is 0 Å². The minimum atomic E-state index is -0.103. The van der Waals surface area contributed by atoms with Crippen LogP contribution in [0.1, 0.15) is 11.3 Å². The van der Waals surface area contributed by atoms with Crippen molar-refractivity contribution < 1.29 is 9.53 Å². The van der Waals surface area contributed by atoms with Gasteiger partial charge < -0.3 is 25.2 Å². The summed E-state index contributed by atoms with van der Waals surface area (Å²) < 4.78 is 5.22. The summed E-state index contributed by atoms with van der Waals surface area (Å²) in [6, 6.07) is 15.1. The summed E-state index contributed by atoms with van der Waals surface area (Å²) >= 11 is 0. The second-order valence-electron chi connectivity index (χ2n) is 7.65. The predicted molar refractivity (Wildman–Crippen MR) is 125 cm³/mol. The van der Waals surface area contributed by atoms with Crippen LogP contribution in [0.3, 0.4) is 0 Å². The Hall–Kier alpha value is -3.88. The van der Waals surface area contributed by atoms with E-state index in [1.165, 1.54) is 0 Å². The van der Waals surface area contributed by atoms with E-state index in [0.29, 0.717) is 32.0 Å². The molecule has 0 aliphatic carbocycles. The van der Waals surface area contributed by atoms with Crippen molar-refractivity contribution in [3.63, 3.8) is 0 Å². The van der Waals surface area contributed by atoms with Crippen LogP contribution in [0.5, 0.6) is 5.75 Å². The minimum absolute atomic E-state index is 0.103. The smallest absolute Gasteiger partial charge is 0.321 e. The number of carbonyl (C=O) groups excluding carboxylic acids is 1. The molecule has 4 rings (SSSR count). The molecular weight excluding hydrogens is 406 g/mol. The highest BCUT2D eigenvalue weighted by Crippen LogP contribution is 2.22. The van der Waals surface area contributed by atoms with E-state index in [2.05, 4.69) is 30.7 Å². The number of hydrogen-bond donors (Lipinski definition) is 2. The Kier molecular flexibility index (Phi) is 6.34. The highest BCUT2D eigenvalue weighted by Gasteiger charge is 2.22. The first-order chi connectivity index (χ1) is 15.5. The number of pyridine rings is 1. The summed E-state index contributed by atoms with van der Waals surface area (Å²) in [5.74, 6) is 2.93. The van der Waals surface area contributed by atoms with Gasteiger partial charge in [0.05, 0.1) is 7.11 Å². The minimum Gasteiger partial charge on any atom is -0.497 e. The van der Waals surface area contributed by atoms with Crippen LogP contribution in [-0.4, -0.2) is 59.4 Å². The number of amides is 2. The van der Waals surface area contributed by atoms with Gasteiger partial charge in [-0.3, -0.25) is 0 Å². The SMILES string of the molecule is COc1ccc(NC(=O)N2CCN(c3ccc(Nc4cccc(C)n4)nn3)CC2)c(C)c1. The third-order valence-electron chi connectivity index (χ3n) is 5.36. The third kappa shape index (κ3) is 5.05. The maximum Gasteiger partial charge on any atom is 0.321 e. The van der Waals surface area contributed by atoms with E-state index in [-0.39, 0.29) is 6.03 Å². The Labute approximate surface area is 187 Å². The number of benzene rings is 1. The van der Waals surface area contributed by atoms with E-state index in [4.69, 9.17) is 4.74 Å². The molecule has 166 valence electrons. The lowest BCUT2D eigenvalue weighted by atomic mass is 10.2. The van der Waals surface area contributed by atoms with E-state index in [1.54, 1.807) is 7.11 Å². The normalized spacial score (nSPS) is 13.6. The Morgan fingerprint density at radius 3 is 2.44 bits per heavy atom. The molecule has 0 unspecified atom stereocenters. The lowest BCUT2D eigenvalue weighted by Gasteiger charge is -2.35. The number of nitrogens with zero attached hydrogens (tertiary/aromatic N) is 5. The first kappa shape index (κ1) is 21.4. The zero-order chi connectivity index (χ0) is 22.5. The van der Waals surface area contributed by atoms with E-state index < -0.39 is 0 Å². The van der Waals surface area contributed by atoms with Gasteiger partial charge in [0.2, 0.25) is 0 Å². The van der Waals surface area contributed by atoms with Gasteiger partial charge in [0.25, 0.3) is 0 Å². The molecule has 1 aromatic carbocycles. The topological polar surface area (TPSA) is 95.5 Å². The van der Waals surface area contributed by atoms with Crippen molar-refractivity contribution in [2.45, 2.75) is 13.8 Å². The average Bonchev–Trinajstić information content (AvgIpc) is 2.81. The summed E-state index contributed by atoms with van der Waals surface area (Å²) in [4.78, 5) is 21.0. The van der Waals surface area contributed by atoms with Crippen molar-refractivity contribution in [1.29, 1.82) is 0 Å². The van der Waals surface area contributed by atoms with Crippen LogP contribution in [0.25, 0.3) is 0 Å². The van der Waals surface area contributed by atoms with Crippen molar-refractivity contribution in [3.8, 4) is 5.75 Å². The Morgan fingerprint density at radius 2 is 1.78 bits per heavy atom. The van der Waals surface area contributed by atoms with Gasteiger partial charge in [-0.15, -0.1) is 10.2 Å². The van der Waals surface area contributed by atoms with Crippen LogP contribution >= 0.6 is 0 Å². The van der Waals surface area contributed by atoms with E-state index in [0.717, 1.165) is 34.3 Å². The molecule has 0 saturated carbocycles. The zero-order valence-electron chi connectivity index (χ0n) is 18.5. The first-order valence-corrected chi connectivity index (χ1v) is 10.5. The number of aryl methyl sites for hydroxylation is 2. The maximum absolute atomic E-state index is 12.7. The number of methoxy groups -OCH3 is 1. The van der Waals surface area contributed by atoms with Crippen molar-refractivity contribution in [2.24, 2.45) is 0 Å². The van der Waals surface area contributed by atoms with Crippen molar-refractivity contribution >= 4 is 29.2 Å². The highest BCUT2D eigenvalue weighted by atomic mass is 16.5. The quantitative estimate of drug-likeness (QED) is 0.635. The Bertz CT molecular complexity index is 1080. The van der Waals surface area contributed by atoms with E-state index >= 15 is 0 Å². The van der Waals surface area contributed by atoms with Gasteiger partial charge in [-0.1, -0.05) is 6.07 Å². The summed E-state index contributed by atoms with van der Waals surface area (Å²) in [5, 5.41) is 14.8. The summed E-state index contributed by atoms with van der Waals surface area (Å²) in [6.07, 6.45) is 0. The molecule has 1 fully saturated rings. The molecule has 9 nitrogen and oxygen atoms in total. The fourth-order valence-electron chi connectivity index (χ4n) is 3.54. The number of anilines is 4. The van der Waals surface area contributed by atoms with Crippen molar-refractivity contribution in [1.82, 2.24) is 20.1 Å². The molecule has 3 heterocycles. The lowest BCUT2D eigenvalue weighted by Crippen LogP contribution is -2.50. The Morgan fingerprint density at radius 1 is 0.969 bits per heavy atom. The number of aromatic nitrogens is 3. The predicted octanol–water partition coefficient (Wildman–Crippen LogP) is 3.59. The summed E-state index contributed by atoms with van der Waals surface area (Å²) in [7, 11) is 1.63. The number of nitrogens with one attached hydrogen (secondary N) is 2. The largest absolute Gasteiger partial charge is 0.497 e. The third-order valence-corrected chi connectivity index (χ3v) is 5.36. The number of rotatable bonds is 5. The van der Waals surface area contributed by atoms with Crippen LogP contribution in [-0.2, 0) is 0 Å². The highest BCUT2D eigenvalue weighted by molar-refractivity contribution is 5.90. The molecule has 0 bridgehead atoms. The number of carbonyl (C=O) groups is 1. The molecule has 3 aromatic rings. The standard InChI is InChI=1S/C23H27N7O2/c1-16-15-18(32-3)7-8-19(16)25-23(31)30-13-11-29(12-14-30)22-10-9-21(27-28-22)26-20-6-4-5-17(2)24-20/h4-10,15H,11-14H2,1-3H3,(H,25,31)(H,24,26,27). The molecule has 0 atom stereocenters. The molecule has 0 radical (unpaired) electrons. The molecule has 2 aromatic heterocycles. The van der Waals surface area contributed by atoms with E-state index in [9.17, 15) is 4.79 Å². The molecule has 1 aliphatic heterocycles. The van der Waals surface area contributed by atoms with Gasteiger partial charge >= 0.3 is 6.03 Å². The van der Waals surface area contributed by atoms with Gasteiger partial charge in [-0.2, -0.15) is 0 Å². The molecule has 9 heteroatoms. The van der Waals surface area contributed by atoms with Gasteiger partial charge in [0.15, 0.2) is 11.6 Å². The molecule has 32 heavy (non-hydrogen) atoms. The van der Waals surface area contributed by atoms with Crippen LogP contribution in [0.4, 0.5) is 27.9 Å². The second-order valence-corrected chi connectivity index (χ2v) is 7.65. The Balaban J connectivity index is 1.31. The fraction of sp³-hybridized carbons (Fsp3) is 0.304. The maximum atomic E-state index is 12.7. The number of hydrogen-bond acceptors (Lipinski definition) is 7. The molecular formula is C23H27N7O2. The van der Waals surface area contributed by atoms with Crippen LogP contribution in [0, 0.1) is 13.8 Å². The average molecular weight is 434 g/mol. The van der Waals surface area contributed by atoms with Gasteiger partial charge in [-0.25, -0.2) is 9.78 Å². The van der Waals surface area contributed by atoms with Crippen molar-refractivity contribution in [3.05, 3.63) is 59.8 Å². The zero-order valence-corrected chi connectivity index (χ0v) is 18.5. The number of ether oxygens (including phenoxy) is 1. The second kappa shape index (κ2) is 9.51. The van der Waals surface area contributed by atoms with Crippen molar-refractivity contribution in [2.75, 3.05) is 48.8 Å². The molecule has 2 amide bonds. The molecule has 1 aliphatic rings. The first-order valence-electron chi connectivity index (χ1n) is 10.5. The molecule has 2 N–H and O–H groups in total. The van der Waals surface area contributed by atoms with Crippen LogP contribution in [0.15, 0.2) is 48.5 Å². The van der Waals surface area contributed by atoms with Crippen LogP contribution < -0.4 is 20.3 Å². The van der Waals surface area contributed by atoms with Gasteiger partial charge in [-0.05, 0) is 61.9 Å². The monoisotopic (exact) mass is 433 g/mol. The molecule has 0 spiro atoms. The van der Waals surface area contributed by atoms with Gasteiger partial charge in [0.1, 0.15) is 11.6 Å². The fourth-order valence-corrected chi connectivity index (χ4v) is 3.54.